The molecule has 0 N–H and O–H groups in total. The minimum atomic E-state index is -1.21. The Hall–Kier alpha value is 0.350. The van der Waals surface area contributed by atoms with E-state index in [-0.39, 0.29) is 0 Å². The highest BCUT2D eigenvalue weighted by molar-refractivity contribution is 8.49. The van der Waals surface area contributed by atoms with E-state index in [0.717, 1.165) is 5.25 Å². The van der Waals surface area contributed by atoms with Crippen LogP contribution in [-0.4, -0.2) is 29.3 Å². The molecule has 1 fully saturated rings. The third-order valence-electron chi connectivity index (χ3n) is 4.23. The van der Waals surface area contributed by atoms with E-state index in [1.54, 1.807) is 5.75 Å². The quantitative estimate of drug-likeness (QED) is 0.635. The maximum Gasteiger partial charge on any atom is -0.0272 e. The summed E-state index contributed by atoms with van der Waals surface area (Å²) >= 11 is 0. The van der Waals surface area contributed by atoms with Crippen LogP contribution in [0.1, 0.15) is 39.5 Å². The van der Waals surface area contributed by atoms with E-state index < -0.39 is 9.16 Å². The van der Waals surface area contributed by atoms with Gasteiger partial charge in [-0.15, -0.1) is 0 Å². The Balaban J connectivity index is 2.75. The molecule has 1 heterocycles. The van der Waals surface area contributed by atoms with Crippen molar-refractivity contribution in [1.82, 2.24) is 0 Å². The van der Waals surface area contributed by atoms with Crippen LogP contribution in [0, 0.1) is 0 Å². The predicted octanol–water partition coefficient (Wildman–Crippen LogP) is 3.30. The van der Waals surface area contributed by atoms with Crippen molar-refractivity contribution >= 4 is 9.16 Å². The Bertz CT molecular complexity index is 154. The van der Waals surface area contributed by atoms with E-state index in [2.05, 4.69) is 26.4 Å². The van der Waals surface area contributed by atoms with Gasteiger partial charge in [-0.25, -0.2) is 0 Å². The summed E-state index contributed by atoms with van der Waals surface area (Å²) in [6.45, 7) is 4.86. The second-order valence-corrected chi connectivity index (χ2v) is 13.0. The molecule has 0 nitrogen and oxygen atoms in total. The second-order valence-electron chi connectivity index (χ2n) is 5.61. The summed E-state index contributed by atoms with van der Waals surface area (Å²) in [6.07, 6.45) is 11.2. The van der Waals surface area contributed by atoms with Crippen molar-refractivity contribution < 1.29 is 0 Å². The summed E-state index contributed by atoms with van der Waals surface area (Å²) in [5.74, 6) is 3.10. The van der Waals surface area contributed by atoms with Crippen LogP contribution in [0.2, 0.25) is 0 Å². The molecule has 0 aromatic rings. The lowest BCUT2D eigenvalue weighted by molar-refractivity contribution is 0.671. The molecular formula is C11H26S. The Morgan fingerprint density at radius 3 is 2.42 bits per heavy atom. The van der Waals surface area contributed by atoms with E-state index >= 15 is 0 Å². The maximum absolute atomic E-state index is 2.64. The molecule has 0 bridgehead atoms. The van der Waals surface area contributed by atoms with Crippen LogP contribution in [-0.2, 0) is 0 Å². The third kappa shape index (κ3) is 1.81. The SMILES string of the molecule is CCC[SH]1(C)(C)CCCCC1C. The summed E-state index contributed by atoms with van der Waals surface area (Å²) in [7, 11) is -1.21. The van der Waals surface area contributed by atoms with Crippen molar-refractivity contribution in [2.75, 3.05) is 24.0 Å². The first-order valence-corrected chi connectivity index (χ1v) is 9.05. The second kappa shape index (κ2) is 3.25. The molecule has 0 amide bonds. The van der Waals surface area contributed by atoms with Crippen LogP contribution in [0.4, 0.5) is 0 Å². The third-order valence-corrected chi connectivity index (χ3v) is 11.2. The highest BCUT2D eigenvalue weighted by atomic mass is 32.3. The van der Waals surface area contributed by atoms with E-state index in [4.69, 9.17) is 0 Å². The molecule has 1 unspecified atom stereocenters. The minimum Gasteiger partial charge on any atom is -0.285 e. The van der Waals surface area contributed by atoms with Crippen LogP contribution < -0.4 is 0 Å². The molecular weight excluding hydrogens is 164 g/mol. The average molecular weight is 190 g/mol. The lowest BCUT2D eigenvalue weighted by Gasteiger charge is -2.62. The monoisotopic (exact) mass is 190 g/mol. The highest BCUT2D eigenvalue weighted by Gasteiger charge is 2.37. The Kier molecular flexibility index (Phi) is 2.82. The summed E-state index contributed by atoms with van der Waals surface area (Å²) < 4.78 is 0. The van der Waals surface area contributed by atoms with Crippen molar-refractivity contribution in [1.29, 1.82) is 0 Å². The zero-order valence-electron chi connectivity index (χ0n) is 9.27. The van der Waals surface area contributed by atoms with Crippen molar-refractivity contribution in [3.8, 4) is 0 Å². The van der Waals surface area contributed by atoms with Gasteiger partial charge in [0.1, 0.15) is 0 Å². The van der Waals surface area contributed by atoms with Crippen LogP contribution in [0.3, 0.4) is 0 Å². The van der Waals surface area contributed by atoms with Crippen molar-refractivity contribution in [2.24, 2.45) is 0 Å². The Labute approximate surface area is 78.4 Å². The van der Waals surface area contributed by atoms with Crippen LogP contribution in [0.25, 0.3) is 0 Å². The van der Waals surface area contributed by atoms with E-state index in [1.807, 2.05) is 0 Å². The van der Waals surface area contributed by atoms with Crippen molar-refractivity contribution in [3.05, 3.63) is 0 Å². The molecule has 1 atom stereocenters. The first kappa shape index (κ1) is 10.4. The van der Waals surface area contributed by atoms with Crippen LogP contribution in [0.15, 0.2) is 0 Å². The minimum absolute atomic E-state index is 1.05. The van der Waals surface area contributed by atoms with Gasteiger partial charge < -0.3 is 0 Å². The zero-order valence-corrected chi connectivity index (χ0v) is 10.2. The van der Waals surface area contributed by atoms with Gasteiger partial charge in [-0.05, 0) is 48.5 Å². The van der Waals surface area contributed by atoms with Gasteiger partial charge in [0, 0.05) is 0 Å². The molecule has 1 aliphatic rings. The lowest BCUT2D eigenvalue weighted by atomic mass is 10.2. The molecule has 1 aliphatic heterocycles. The predicted molar refractivity (Wildman–Crippen MR) is 64.2 cm³/mol. The van der Waals surface area contributed by atoms with Gasteiger partial charge in [-0.2, -0.15) is 0 Å². The van der Waals surface area contributed by atoms with Gasteiger partial charge in [0.25, 0.3) is 0 Å². The number of thiol groups is 1. The summed E-state index contributed by atoms with van der Waals surface area (Å²) in [5, 5.41) is 1.05. The molecule has 0 spiro atoms. The summed E-state index contributed by atoms with van der Waals surface area (Å²) in [5.41, 5.74) is 0. The fourth-order valence-electron chi connectivity index (χ4n) is 2.80. The van der Waals surface area contributed by atoms with E-state index in [1.165, 1.54) is 31.4 Å². The maximum atomic E-state index is 2.64. The van der Waals surface area contributed by atoms with Gasteiger partial charge in [-0.1, -0.05) is 20.3 Å². The Morgan fingerprint density at radius 1 is 1.25 bits per heavy atom. The van der Waals surface area contributed by atoms with Crippen molar-refractivity contribution in [2.45, 2.75) is 44.8 Å². The van der Waals surface area contributed by atoms with Gasteiger partial charge >= 0.3 is 0 Å². The molecule has 0 aliphatic carbocycles. The highest BCUT2D eigenvalue weighted by Crippen LogP contribution is 2.70. The van der Waals surface area contributed by atoms with Crippen LogP contribution >= 0.6 is 9.16 Å². The first-order valence-electron chi connectivity index (χ1n) is 5.48. The summed E-state index contributed by atoms with van der Waals surface area (Å²) in [6, 6.07) is 0. The van der Waals surface area contributed by atoms with Crippen LogP contribution in [0.5, 0.6) is 0 Å². The smallest absolute Gasteiger partial charge is 0.0272 e. The topological polar surface area (TPSA) is 0 Å². The molecule has 0 aromatic carbocycles. The fourth-order valence-corrected chi connectivity index (χ4v) is 7.70. The molecule has 1 rings (SSSR count). The number of hydrogen-bond acceptors (Lipinski definition) is 0. The molecule has 1 saturated heterocycles. The number of rotatable bonds is 2. The molecule has 12 heavy (non-hydrogen) atoms. The first-order chi connectivity index (χ1) is 5.48. The summed E-state index contributed by atoms with van der Waals surface area (Å²) in [4.78, 5) is 0. The van der Waals surface area contributed by atoms with Gasteiger partial charge in [0.15, 0.2) is 0 Å². The number of hydrogen-bond donors (Lipinski definition) is 1. The van der Waals surface area contributed by atoms with Gasteiger partial charge in [0.05, 0.1) is 0 Å². The van der Waals surface area contributed by atoms with E-state index in [0.29, 0.717) is 0 Å². The average Bonchev–Trinajstić information content (AvgIpc) is 1.96. The molecule has 0 saturated carbocycles. The normalized spacial score (nSPS) is 36.7. The lowest BCUT2D eigenvalue weighted by Crippen LogP contribution is -2.36. The van der Waals surface area contributed by atoms with Crippen molar-refractivity contribution in [3.63, 3.8) is 0 Å². The van der Waals surface area contributed by atoms with E-state index in [9.17, 15) is 0 Å². The van der Waals surface area contributed by atoms with Gasteiger partial charge in [0.2, 0.25) is 0 Å². The standard InChI is InChI=1S/C11H26S/c1-5-9-12(3,4)10-7-6-8-11(12)2/h11-12H,5-10H2,1-4H3. The molecule has 0 radical (unpaired) electrons. The zero-order chi connectivity index (χ0) is 9.27. The van der Waals surface area contributed by atoms with Gasteiger partial charge in [-0.3, -0.25) is 9.16 Å². The fraction of sp³-hybridized carbons (Fsp3) is 1.00. The molecule has 1 heteroatoms. The largest absolute Gasteiger partial charge is 0.285 e. The molecule has 0 aromatic heterocycles. The molecule has 76 valence electrons. The Morgan fingerprint density at radius 2 is 1.92 bits per heavy atom.